The van der Waals surface area contributed by atoms with Gasteiger partial charge in [0.05, 0.1) is 5.56 Å². The first-order valence-electron chi connectivity index (χ1n) is 5.90. The zero-order valence-corrected chi connectivity index (χ0v) is 10.8. The lowest BCUT2D eigenvalue weighted by Gasteiger charge is -2.17. The number of ether oxygens (including phenoxy) is 1. The number of rotatable bonds is 2. The van der Waals surface area contributed by atoms with Gasteiger partial charge in [-0.1, -0.05) is 18.2 Å². The second-order valence-electron chi connectivity index (χ2n) is 4.35. The third kappa shape index (κ3) is 3.63. The third-order valence-corrected chi connectivity index (χ3v) is 2.75. The van der Waals surface area contributed by atoms with Crippen molar-refractivity contribution in [3.63, 3.8) is 0 Å². The summed E-state index contributed by atoms with van der Waals surface area (Å²) in [6, 6.07) is 7.28. The first-order chi connectivity index (χ1) is 10.1. The number of alkyl halides is 6. The molecule has 0 amide bonds. The standard InChI is InChI=1S/C14H9F6NO/c15-13(16,17)11-6-5-8(21)7-10(11)9-3-1-2-4-12(9)22-14(18,19)20/h1-7H,21H2. The van der Waals surface area contributed by atoms with Gasteiger partial charge in [-0.25, -0.2) is 0 Å². The Hall–Kier alpha value is -2.38. The molecule has 22 heavy (non-hydrogen) atoms. The van der Waals surface area contributed by atoms with Crippen molar-refractivity contribution in [1.29, 1.82) is 0 Å². The number of anilines is 1. The van der Waals surface area contributed by atoms with Crippen LogP contribution in [0.2, 0.25) is 0 Å². The fourth-order valence-corrected chi connectivity index (χ4v) is 1.93. The molecule has 0 aliphatic heterocycles. The van der Waals surface area contributed by atoms with E-state index >= 15 is 0 Å². The summed E-state index contributed by atoms with van der Waals surface area (Å²) < 4.78 is 80.0. The molecular formula is C14H9F6NO. The summed E-state index contributed by atoms with van der Waals surface area (Å²) in [6.07, 6.45) is -9.76. The first kappa shape index (κ1) is 16.0. The molecular weight excluding hydrogens is 312 g/mol. The van der Waals surface area contributed by atoms with Crippen LogP contribution in [0.4, 0.5) is 32.0 Å². The van der Waals surface area contributed by atoms with Gasteiger partial charge in [0.15, 0.2) is 0 Å². The summed E-state index contributed by atoms with van der Waals surface area (Å²) in [7, 11) is 0. The lowest BCUT2D eigenvalue weighted by molar-refractivity contribution is -0.274. The Morgan fingerprint density at radius 2 is 1.45 bits per heavy atom. The maximum atomic E-state index is 13.0. The second kappa shape index (κ2) is 5.43. The molecule has 0 saturated heterocycles. The van der Waals surface area contributed by atoms with Crippen molar-refractivity contribution in [2.45, 2.75) is 12.5 Å². The molecule has 0 bridgehead atoms. The van der Waals surface area contributed by atoms with E-state index in [1.165, 1.54) is 12.1 Å². The molecule has 0 heterocycles. The SMILES string of the molecule is Nc1ccc(C(F)(F)F)c(-c2ccccc2OC(F)(F)F)c1. The van der Waals surface area contributed by atoms with Gasteiger partial charge in [0.25, 0.3) is 0 Å². The van der Waals surface area contributed by atoms with E-state index in [1.54, 1.807) is 0 Å². The highest BCUT2D eigenvalue weighted by Gasteiger charge is 2.36. The van der Waals surface area contributed by atoms with Crippen molar-refractivity contribution < 1.29 is 31.1 Å². The Morgan fingerprint density at radius 3 is 2.05 bits per heavy atom. The molecule has 0 aliphatic carbocycles. The van der Waals surface area contributed by atoms with Crippen LogP contribution in [0.5, 0.6) is 5.75 Å². The van der Waals surface area contributed by atoms with Crippen LogP contribution in [0.3, 0.4) is 0 Å². The minimum Gasteiger partial charge on any atom is -0.405 e. The quantitative estimate of drug-likeness (QED) is 0.634. The van der Waals surface area contributed by atoms with E-state index < -0.39 is 29.4 Å². The van der Waals surface area contributed by atoms with Gasteiger partial charge >= 0.3 is 12.5 Å². The van der Waals surface area contributed by atoms with Gasteiger partial charge in [0.2, 0.25) is 0 Å². The van der Waals surface area contributed by atoms with Gasteiger partial charge < -0.3 is 10.5 Å². The van der Waals surface area contributed by atoms with Crippen LogP contribution in [-0.2, 0) is 6.18 Å². The van der Waals surface area contributed by atoms with Crippen LogP contribution >= 0.6 is 0 Å². The molecule has 0 atom stereocenters. The number of benzene rings is 2. The highest BCUT2D eigenvalue weighted by molar-refractivity contribution is 5.76. The molecule has 0 saturated carbocycles. The second-order valence-corrected chi connectivity index (χ2v) is 4.35. The topological polar surface area (TPSA) is 35.2 Å². The molecule has 2 rings (SSSR count). The van der Waals surface area contributed by atoms with Gasteiger partial charge in [-0.05, 0) is 29.8 Å². The maximum absolute atomic E-state index is 13.0. The van der Waals surface area contributed by atoms with E-state index in [1.807, 2.05) is 0 Å². The predicted octanol–water partition coefficient (Wildman–Crippen LogP) is 4.85. The molecule has 0 radical (unpaired) electrons. The maximum Gasteiger partial charge on any atom is 0.573 e. The number of nitrogens with two attached hydrogens (primary N) is 1. The first-order valence-corrected chi connectivity index (χ1v) is 5.90. The lowest BCUT2D eigenvalue weighted by atomic mass is 9.98. The van der Waals surface area contributed by atoms with Gasteiger partial charge in [-0.2, -0.15) is 13.2 Å². The molecule has 8 heteroatoms. The fourth-order valence-electron chi connectivity index (χ4n) is 1.93. The Labute approximate surface area is 121 Å². The molecule has 2 aromatic rings. The van der Waals surface area contributed by atoms with Crippen LogP contribution < -0.4 is 10.5 Å². The Balaban J connectivity index is 2.65. The monoisotopic (exact) mass is 321 g/mol. The summed E-state index contributed by atoms with van der Waals surface area (Å²) in [4.78, 5) is 0. The number of para-hydroxylation sites is 1. The highest BCUT2D eigenvalue weighted by atomic mass is 19.4. The molecule has 2 nitrogen and oxygen atoms in total. The van der Waals surface area contributed by atoms with Crippen LogP contribution in [0.25, 0.3) is 11.1 Å². The largest absolute Gasteiger partial charge is 0.573 e. The predicted molar refractivity (Wildman–Crippen MR) is 68.0 cm³/mol. The normalized spacial score (nSPS) is 12.3. The van der Waals surface area contributed by atoms with E-state index in [-0.39, 0.29) is 11.3 Å². The van der Waals surface area contributed by atoms with E-state index in [9.17, 15) is 26.3 Å². The van der Waals surface area contributed by atoms with Gasteiger partial charge in [0.1, 0.15) is 5.75 Å². The summed E-state index contributed by atoms with van der Waals surface area (Å²) in [5.41, 5.74) is 3.52. The summed E-state index contributed by atoms with van der Waals surface area (Å²) >= 11 is 0. The zero-order chi connectivity index (χ0) is 16.5. The number of hydrogen-bond donors (Lipinski definition) is 1. The molecule has 0 unspecified atom stereocenters. The minimum absolute atomic E-state index is 0.00943. The number of hydrogen-bond acceptors (Lipinski definition) is 2. The molecule has 0 fully saturated rings. The van der Waals surface area contributed by atoms with E-state index in [4.69, 9.17) is 5.73 Å². The summed E-state index contributed by atoms with van der Waals surface area (Å²) in [5.74, 6) is -0.730. The third-order valence-electron chi connectivity index (χ3n) is 2.75. The van der Waals surface area contributed by atoms with E-state index in [2.05, 4.69) is 4.74 Å². The van der Waals surface area contributed by atoms with Gasteiger partial charge in [-0.3, -0.25) is 0 Å². The highest BCUT2D eigenvalue weighted by Crippen LogP contribution is 2.42. The summed E-state index contributed by atoms with van der Waals surface area (Å²) in [6.45, 7) is 0. The fraction of sp³-hybridized carbons (Fsp3) is 0.143. The van der Waals surface area contributed by atoms with Crippen LogP contribution in [0.15, 0.2) is 42.5 Å². The molecule has 2 aromatic carbocycles. The van der Waals surface area contributed by atoms with Gasteiger partial charge in [-0.15, -0.1) is 13.2 Å². The van der Waals surface area contributed by atoms with Crippen molar-refractivity contribution >= 4 is 5.69 Å². The molecule has 0 aliphatic rings. The lowest BCUT2D eigenvalue weighted by Crippen LogP contribution is -2.18. The zero-order valence-electron chi connectivity index (χ0n) is 10.8. The van der Waals surface area contributed by atoms with Crippen LogP contribution in [0.1, 0.15) is 5.56 Å². The van der Waals surface area contributed by atoms with Crippen molar-refractivity contribution in [1.82, 2.24) is 0 Å². The van der Waals surface area contributed by atoms with Crippen molar-refractivity contribution in [3.05, 3.63) is 48.0 Å². The van der Waals surface area contributed by atoms with E-state index in [0.717, 1.165) is 30.3 Å². The molecule has 118 valence electrons. The van der Waals surface area contributed by atoms with Crippen LogP contribution in [-0.4, -0.2) is 6.36 Å². The smallest absolute Gasteiger partial charge is 0.405 e. The van der Waals surface area contributed by atoms with Crippen molar-refractivity contribution in [2.75, 3.05) is 5.73 Å². The Kier molecular flexibility index (Phi) is 3.95. The Bertz CT molecular complexity index is 678. The van der Waals surface area contributed by atoms with Gasteiger partial charge in [0, 0.05) is 11.3 Å². The summed E-state index contributed by atoms with van der Waals surface area (Å²) in [5, 5.41) is 0. The average Bonchev–Trinajstić information content (AvgIpc) is 2.35. The Morgan fingerprint density at radius 1 is 0.818 bits per heavy atom. The van der Waals surface area contributed by atoms with Crippen LogP contribution in [0, 0.1) is 0 Å². The van der Waals surface area contributed by atoms with Crippen molar-refractivity contribution in [2.24, 2.45) is 0 Å². The molecule has 2 N–H and O–H groups in total. The molecule has 0 aromatic heterocycles. The van der Waals surface area contributed by atoms with E-state index in [0.29, 0.717) is 0 Å². The minimum atomic E-state index is -5.02. The van der Waals surface area contributed by atoms with Crippen molar-refractivity contribution in [3.8, 4) is 16.9 Å². The average molecular weight is 321 g/mol. The molecule has 0 spiro atoms. The number of nitrogen functional groups attached to an aromatic ring is 1. The number of halogens is 6.